The van der Waals surface area contributed by atoms with Crippen LogP contribution in [-0.2, 0) is 25.6 Å². The van der Waals surface area contributed by atoms with E-state index in [-0.39, 0.29) is 19.8 Å². The smallest absolute Gasteiger partial charge is 0.330 e. The Morgan fingerprint density at radius 1 is 1.36 bits per heavy atom. The Morgan fingerprint density at radius 3 is 2.72 bits per heavy atom. The maximum Gasteiger partial charge on any atom is 0.330 e. The third kappa shape index (κ3) is 9.55. The highest BCUT2D eigenvalue weighted by molar-refractivity contribution is 5.81. The minimum Gasteiger partial charge on any atom is -0.463 e. The van der Waals surface area contributed by atoms with Gasteiger partial charge in [-0.2, -0.15) is 0 Å². The maximum absolute atomic E-state index is 11.4. The Morgan fingerprint density at radius 2 is 2.08 bits per heavy atom. The number of carbonyl (C=O) groups is 1. The SMILES string of the molecule is CCOC(=O)/C=C/[C@@H](OCC[N+](=O)[O-])[C@H](O)COCc1ccccc1. The molecule has 0 amide bonds. The van der Waals surface area contributed by atoms with Gasteiger partial charge in [0.05, 0.1) is 19.8 Å². The predicted octanol–water partition coefficient (Wildman–Crippen LogP) is 1.35. The highest BCUT2D eigenvalue weighted by Gasteiger charge is 2.19. The van der Waals surface area contributed by atoms with Gasteiger partial charge in [-0.1, -0.05) is 30.3 Å². The largest absolute Gasteiger partial charge is 0.463 e. The van der Waals surface area contributed by atoms with Crippen molar-refractivity contribution in [1.29, 1.82) is 0 Å². The quantitative estimate of drug-likeness (QED) is 0.261. The predicted molar refractivity (Wildman–Crippen MR) is 89.5 cm³/mol. The lowest BCUT2D eigenvalue weighted by Crippen LogP contribution is -2.33. The molecular formula is C17H23NO7. The molecule has 0 radical (unpaired) electrons. The van der Waals surface area contributed by atoms with E-state index in [0.29, 0.717) is 6.61 Å². The number of ether oxygens (including phenoxy) is 3. The van der Waals surface area contributed by atoms with Crippen molar-refractivity contribution in [1.82, 2.24) is 0 Å². The Balaban J connectivity index is 2.52. The zero-order valence-electron chi connectivity index (χ0n) is 14.1. The number of rotatable bonds is 12. The topological polar surface area (TPSA) is 108 Å². The van der Waals surface area contributed by atoms with E-state index in [1.807, 2.05) is 30.3 Å². The lowest BCUT2D eigenvalue weighted by atomic mass is 10.2. The second-order valence-electron chi connectivity index (χ2n) is 5.07. The van der Waals surface area contributed by atoms with Gasteiger partial charge in [0.2, 0.25) is 6.54 Å². The molecule has 0 aliphatic heterocycles. The number of nitro groups is 1. The van der Waals surface area contributed by atoms with Crippen molar-refractivity contribution in [2.24, 2.45) is 0 Å². The second kappa shape index (κ2) is 12.1. The summed E-state index contributed by atoms with van der Waals surface area (Å²) in [5.41, 5.74) is 0.947. The van der Waals surface area contributed by atoms with E-state index in [4.69, 9.17) is 14.2 Å². The van der Waals surface area contributed by atoms with Gasteiger partial charge in [0.1, 0.15) is 18.8 Å². The van der Waals surface area contributed by atoms with E-state index in [0.717, 1.165) is 11.6 Å². The fourth-order valence-corrected chi connectivity index (χ4v) is 1.89. The molecule has 1 N–H and O–H groups in total. The summed E-state index contributed by atoms with van der Waals surface area (Å²) in [5.74, 6) is -0.581. The van der Waals surface area contributed by atoms with Gasteiger partial charge in [-0.15, -0.1) is 0 Å². The van der Waals surface area contributed by atoms with E-state index in [2.05, 4.69) is 0 Å². The standard InChI is InChI=1S/C17H23NO7/c1-2-24-17(20)9-8-16(25-11-10-18(21)22)15(19)13-23-12-14-6-4-3-5-7-14/h3-9,15-16,19H,2,10-13H2,1H3/b9-8+/t15-,16-/m1/s1. The van der Waals surface area contributed by atoms with Crippen LogP contribution in [0.3, 0.4) is 0 Å². The van der Waals surface area contributed by atoms with Crippen LogP contribution in [0.15, 0.2) is 42.5 Å². The molecule has 0 saturated carbocycles. The van der Waals surface area contributed by atoms with Gasteiger partial charge in [-0.05, 0) is 18.6 Å². The highest BCUT2D eigenvalue weighted by Crippen LogP contribution is 2.06. The van der Waals surface area contributed by atoms with Gasteiger partial charge in [0, 0.05) is 11.0 Å². The number of aliphatic hydroxyl groups excluding tert-OH is 1. The van der Waals surface area contributed by atoms with Gasteiger partial charge in [-0.25, -0.2) is 4.79 Å². The molecule has 0 saturated heterocycles. The van der Waals surface area contributed by atoms with Crippen LogP contribution in [0.25, 0.3) is 0 Å². The Hall–Kier alpha value is -2.29. The number of esters is 1. The van der Waals surface area contributed by atoms with Crippen LogP contribution in [0.5, 0.6) is 0 Å². The molecule has 0 aromatic heterocycles. The third-order valence-corrected chi connectivity index (χ3v) is 3.07. The summed E-state index contributed by atoms with van der Waals surface area (Å²) in [6.07, 6.45) is 0.441. The van der Waals surface area contributed by atoms with Gasteiger partial charge >= 0.3 is 5.97 Å². The van der Waals surface area contributed by atoms with Gasteiger partial charge in [-0.3, -0.25) is 10.1 Å². The summed E-state index contributed by atoms with van der Waals surface area (Å²) in [5, 5.41) is 20.5. The Labute approximate surface area is 146 Å². The zero-order valence-corrected chi connectivity index (χ0v) is 14.1. The lowest BCUT2D eigenvalue weighted by molar-refractivity contribution is -0.484. The van der Waals surface area contributed by atoms with Crippen molar-refractivity contribution in [2.45, 2.75) is 25.7 Å². The number of aliphatic hydroxyl groups is 1. The third-order valence-electron chi connectivity index (χ3n) is 3.07. The van der Waals surface area contributed by atoms with E-state index in [1.165, 1.54) is 6.08 Å². The molecule has 0 bridgehead atoms. The number of hydrogen-bond acceptors (Lipinski definition) is 7. The van der Waals surface area contributed by atoms with Crippen molar-refractivity contribution in [3.05, 3.63) is 58.2 Å². The zero-order chi connectivity index (χ0) is 18.5. The lowest BCUT2D eigenvalue weighted by Gasteiger charge is -2.20. The maximum atomic E-state index is 11.4. The first-order valence-corrected chi connectivity index (χ1v) is 7.91. The molecule has 0 spiro atoms. The molecule has 8 heteroatoms. The molecule has 1 rings (SSSR count). The minimum absolute atomic E-state index is 0.0504. The van der Waals surface area contributed by atoms with Gasteiger partial charge in [0.25, 0.3) is 0 Å². The molecule has 0 heterocycles. The van der Waals surface area contributed by atoms with Crippen molar-refractivity contribution < 1.29 is 29.0 Å². The second-order valence-corrected chi connectivity index (χ2v) is 5.07. The molecule has 8 nitrogen and oxygen atoms in total. The summed E-state index contributed by atoms with van der Waals surface area (Å²) in [6, 6.07) is 9.41. The van der Waals surface area contributed by atoms with Crippen LogP contribution in [0.2, 0.25) is 0 Å². The summed E-state index contributed by atoms with van der Waals surface area (Å²) >= 11 is 0. The first-order valence-electron chi connectivity index (χ1n) is 7.91. The molecule has 0 unspecified atom stereocenters. The fourth-order valence-electron chi connectivity index (χ4n) is 1.89. The van der Waals surface area contributed by atoms with Crippen molar-refractivity contribution in [2.75, 3.05) is 26.4 Å². The molecule has 1 aromatic rings. The first kappa shape index (κ1) is 20.8. The number of benzene rings is 1. The average Bonchev–Trinajstić information content (AvgIpc) is 2.58. The summed E-state index contributed by atoms with van der Waals surface area (Å²) in [6.45, 7) is 1.55. The minimum atomic E-state index is -1.08. The van der Waals surface area contributed by atoms with E-state index in [9.17, 15) is 20.0 Å². The normalized spacial score (nSPS) is 13.5. The molecule has 1 aromatic carbocycles. The van der Waals surface area contributed by atoms with Crippen LogP contribution >= 0.6 is 0 Å². The summed E-state index contributed by atoms with van der Waals surface area (Å²) < 4.78 is 15.5. The molecule has 0 aliphatic carbocycles. The molecular weight excluding hydrogens is 330 g/mol. The summed E-state index contributed by atoms with van der Waals surface area (Å²) in [7, 11) is 0. The van der Waals surface area contributed by atoms with Crippen LogP contribution in [0.1, 0.15) is 12.5 Å². The van der Waals surface area contributed by atoms with E-state index >= 15 is 0 Å². The molecule has 0 aliphatic rings. The Kier molecular flexibility index (Phi) is 10.1. The molecule has 138 valence electrons. The van der Waals surface area contributed by atoms with Crippen LogP contribution in [-0.4, -0.2) is 54.6 Å². The molecule has 2 atom stereocenters. The van der Waals surface area contributed by atoms with E-state index in [1.54, 1.807) is 6.92 Å². The molecule has 0 fully saturated rings. The van der Waals surface area contributed by atoms with Crippen molar-refractivity contribution in [3.63, 3.8) is 0 Å². The number of carbonyl (C=O) groups excluding carboxylic acids is 1. The highest BCUT2D eigenvalue weighted by atomic mass is 16.6. The van der Waals surface area contributed by atoms with Crippen molar-refractivity contribution in [3.8, 4) is 0 Å². The average molecular weight is 353 g/mol. The monoisotopic (exact) mass is 353 g/mol. The first-order chi connectivity index (χ1) is 12.0. The summed E-state index contributed by atoms with van der Waals surface area (Å²) in [4.78, 5) is 21.2. The van der Waals surface area contributed by atoms with Gasteiger partial charge in [0.15, 0.2) is 0 Å². The number of hydrogen-bond donors (Lipinski definition) is 1. The fraction of sp³-hybridized carbons (Fsp3) is 0.471. The number of nitrogens with zero attached hydrogens (tertiary/aromatic N) is 1. The molecule has 25 heavy (non-hydrogen) atoms. The van der Waals surface area contributed by atoms with Gasteiger partial charge < -0.3 is 19.3 Å². The van der Waals surface area contributed by atoms with Crippen LogP contribution < -0.4 is 0 Å². The van der Waals surface area contributed by atoms with Crippen LogP contribution in [0.4, 0.5) is 0 Å². The van der Waals surface area contributed by atoms with E-state index < -0.39 is 29.6 Å². The van der Waals surface area contributed by atoms with Crippen LogP contribution in [0, 0.1) is 10.1 Å². The Bertz CT molecular complexity index is 547. The van der Waals surface area contributed by atoms with Crippen molar-refractivity contribution >= 4 is 5.97 Å².